The van der Waals surface area contributed by atoms with Gasteiger partial charge in [0.25, 0.3) is 5.56 Å². The van der Waals surface area contributed by atoms with E-state index in [1.807, 2.05) is 12.1 Å². The SMILES string of the molecule is O=c1cc(-c2ccncc2)nc2n1CCCN2CCCc1ccc(F)cc1Cl. The summed E-state index contributed by atoms with van der Waals surface area (Å²) >= 11 is 6.13. The van der Waals surface area contributed by atoms with Gasteiger partial charge in [-0.1, -0.05) is 17.7 Å². The van der Waals surface area contributed by atoms with Crippen LogP contribution >= 0.6 is 11.6 Å². The number of hydrogen-bond acceptors (Lipinski definition) is 4. The second-order valence-electron chi connectivity index (χ2n) is 6.85. The van der Waals surface area contributed by atoms with E-state index in [0.717, 1.165) is 43.5 Å². The summed E-state index contributed by atoms with van der Waals surface area (Å²) in [5, 5.41) is 0.452. The molecule has 3 aromatic rings. The molecule has 1 aliphatic rings. The molecular formula is C21H20ClFN4O. The fraction of sp³-hybridized carbons (Fsp3) is 0.286. The Morgan fingerprint density at radius 1 is 1.11 bits per heavy atom. The van der Waals surface area contributed by atoms with Gasteiger partial charge in [0.2, 0.25) is 5.95 Å². The average Bonchev–Trinajstić information content (AvgIpc) is 2.70. The van der Waals surface area contributed by atoms with Crippen LogP contribution in [0, 0.1) is 5.82 Å². The Hall–Kier alpha value is -2.73. The summed E-state index contributed by atoms with van der Waals surface area (Å²) in [7, 11) is 0. The van der Waals surface area contributed by atoms with E-state index in [-0.39, 0.29) is 11.4 Å². The Kier molecular flexibility index (Phi) is 5.39. The van der Waals surface area contributed by atoms with Crippen LogP contribution in [0.5, 0.6) is 0 Å². The van der Waals surface area contributed by atoms with E-state index >= 15 is 0 Å². The van der Waals surface area contributed by atoms with Gasteiger partial charge in [-0.3, -0.25) is 14.3 Å². The number of rotatable bonds is 5. The number of pyridine rings is 1. The highest BCUT2D eigenvalue weighted by Gasteiger charge is 2.20. The van der Waals surface area contributed by atoms with Crippen molar-refractivity contribution < 1.29 is 4.39 Å². The third-order valence-corrected chi connectivity index (χ3v) is 5.30. The largest absolute Gasteiger partial charge is 0.342 e. The number of halogens is 2. The molecule has 0 bridgehead atoms. The molecule has 0 fully saturated rings. The van der Waals surface area contributed by atoms with Crippen molar-refractivity contribution in [1.29, 1.82) is 0 Å². The van der Waals surface area contributed by atoms with Gasteiger partial charge in [-0.2, -0.15) is 0 Å². The molecule has 3 heterocycles. The summed E-state index contributed by atoms with van der Waals surface area (Å²) in [6.07, 6.45) is 5.86. The molecule has 0 N–H and O–H groups in total. The topological polar surface area (TPSA) is 51.0 Å². The lowest BCUT2D eigenvalue weighted by Gasteiger charge is -2.31. The molecule has 0 amide bonds. The molecule has 0 saturated carbocycles. The number of nitrogens with zero attached hydrogens (tertiary/aromatic N) is 4. The third kappa shape index (κ3) is 3.92. The van der Waals surface area contributed by atoms with Gasteiger partial charge in [-0.15, -0.1) is 0 Å². The van der Waals surface area contributed by atoms with Crippen molar-refractivity contribution >= 4 is 17.5 Å². The predicted octanol–water partition coefficient (Wildman–Crippen LogP) is 3.94. The van der Waals surface area contributed by atoms with Crippen molar-refractivity contribution in [2.45, 2.75) is 25.8 Å². The van der Waals surface area contributed by atoms with Crippen LogP contribution in [0.2, 0.25) is 5.02 Å². The second-order valence-corrected chi connectivity index (χ2v) is 7.25. The second kappa shape index (κ2) is 8.10. The highest BCUT2D eigenvalue weighted by atomic mass is 35.5. The number of hydrogen-bond donors (Lipinski definition) is 0. The summed E-state index contributed by atoms with van der Waals surface area (Å²) in [4.78, 5) is 23.5. The Labute approximate surface area is 167 Å². The van der Waals surface area contributed by atoms with Gasteiger partial charge in [-0.05, 0) is 49.1 Å². The molecule has 5 nitrogen and oxygen atoms in total. The maximum atomic E-state index is 13.2. The van der Waals surface area contributed by atoms with E-state index < -0.39 is 0 Å². The molecule has 1 aliphatic heterocycles. The first-order chi connectivity index (χ1) is 13.6. The maximum Gasteiger partial charge on any atom is 0.255 e. The van der Waals surface area contributed by atoms with Gasteiger partial charge in [0.15, 0.2) is 0 Å². The van der Waals surface area contributed by atoms with Crippen LogP contribution in [0.25, 0.3) is 11.3 Å². The monoisotopic (exact) mass is 398 g/mol. The molecule has 0 saturated heterocycles. The van der Waals surface area contributed by atoms with Crippen molar-refractivity contribution in [3.63, 3.8) is 0 Å². The van der Waals surface area contributed by atoms with Crippen molar-refractivity contribution in [3.8, 4) is 11.3 Å². The minimum Gasteiger partial charge on any atom is -0.342 e. The van der Waals surface area contributed by atoms with Gasteiger partial charge in [0, 0.05) is 48.7 Å². The number of aryl methyl sites for hydroxylation is 1. The first-order valence-electron chi connectivity index (χ1n) is 9.33. The van der Waals surface area contributed by atoms with E-state index in [0.29, 0.717) is 23.2 Å². The fourth-order valence-electron chi connectivity index (χ4n) is 3.53. The van der Waals surface area contributed by atoms with Gasteiger partial charge in [0.05, 0.1) is 5.69 Å². The lowest BCUT2D eigenvalue weighted by molar-refractivity contribution is 0.527. The van der Waals surface area contributed by atoms with Crippen LogP contribution in [0.3, 0.4) is 0 Å². The molecule has 0 aliphatic carbocycles. The normalized spacial score (nSPS) is 13.4. The fourth-order valence-corrected chi connectivity index (χ4v) is 3.79. The molecule has 0 spiro atoms. The van der Waals surface area contributed by atoms with Gasteiger partial charge >= 0.3 is 0 Å². The van der Waals surface area contributed by atoms with E-state index in [1.165, 1.54) is 12.1 Å². The minimum atomic E-state index is -0.328. The first-order valence-corrected chi connectivity index (χ1v) is 9.71. The van der Waals surface area contributed by atoms with Crippen molar-refractivity contribution in [3.05, 3.63) is 75.5 Å². The molecule has 1 aromatic carbocycles. The van der Waals surface area contributed by atoms with Crippen molar-refractivity contribution in [1.82, 2.24) is 14.5 Å². The van der Waals surface area contributed by atoms with E-state index in [4.69, 9.17) is 16.6 Å². The summed E-state index contributed by atoms with van der Waals surface area (Å²) in [6.45, 7) is 2.28. The van der Waals surface area contributed by atoms with Crippen LogP contribution in [-0.4, -0.2) is 27.6 Å². The molecule has 28 heavy (non-hydrogen) atoms. The predicted molar refractivity (Wildman–Crippen MR) is 108 cm³/mol. The maximum absolute atomic E-state index is 13.2. The Morgan fingerprint density at radius 3 is 2.71 bits per heavy atom. The molecule has 144 valence electrons. The quantitative estimate of drug-likeness (QED) is 0.653. The summed E-state index contributed by atoms with van der Waals surface area (Å²) in [5.74, 6) is 0.377. The van der Waals surface area contributed by atoms with E-state index in [9.17, 15) is 9.18 Å². The number of anilines is 1. The van der Waals surface area contributed by atoms with Gasteiger partial charge < -0.3 is 4.90 Å². The Morgan fingerprint density at radius 2 is 1.93 bits per heavy atom. The molecule has 0 radical (unpaired) electrons. The molecule has 2 aromatic heterocycles. The number of fused-ring (bicyclic) bond motifs is 1. The zero-order valence-corrected chi connectivity index (χ0v) is 16.1. The minimum absolute atomic E-state index is 0.0388. The highest BCUT2D eigenvalue weighted by Crippen LogP contribution is 2.23. The zero-order chi connectivity index (χ0) is 19.5. The standard InChI is InChI=1S/C21H20ClFN4O/c22-18-13-17(23)5-4-15(18)3-1-10-26-11-2-12-27-20(28)14-19(25-21(26)27)16-6-8-24-9-7-16/h4-9,13-14H,1-3,10-12H2. The highest BCUT2D eigenvalue weighted by molar-refractivity contribution is 6.31. The van der Waals surface area contributed by atoms with E-state index in [1.54, 1.807) is 29.1 Å². The summed E-state index contributed by atoms with van der Waals surface area (Å²) in [5.41, 5.74) is 2.42. The first kappa shape index (κ1) is 18.6. The number of aromatic nitrogens is 3. The molecular weight excluding hydrogens is 379 g/mol. The molecule has 4 rings (SSSR count). The van der Waals surface area contributed by atoms with Crippen LogP contribution in [0.4, 0.5) is 10.3 Å². The lowest BCUT2D eigenvalue weighted by Crippen LogP contribution is -2.39. The van der Waals surface area contributed by atoms with Crippen LogP contribution in [-0.2, 0) is 13.0 Å². The summed E-state index contributed by atoms with van der Waals surface area (Å²) in [6, 6.07) is 9.78. The van der Waals surface area contributed by atoms with Gasteiger partial charge in [-0.25, -0.2) is 9.37 Å². The third-order valence-electron chi connectivity index (χ3n) is 4.95. The van der Waals surface area contributed by atoms with Crippen LogP contribution < -0.4 is 10.5 Å². The zero-order valence-electron chi connectivity index (χ0n) is 15.3. The molecule has 7 heteroatoms. The number of benzene rings is 1. The summed E-state index contributed by atoms with van der Waals surface area (Å²) < 4.78 is 14.9. The van der Waals surface area contributed by atoms with Gasteiger partial charge in [0.1, 0.15) is 5.82 Å². The Balaban J connectivity index is 1.54. The van der Waals surface area contributed by atoms with Crippen LogP contribution in [0.15, 0.2) is 53.6 Å². The molecule has 0 unspecified atom stereocenters. The average molecular weight is 399 g/mol. The smallest absolute Gasteiger partial charge is 0.255 e. The van der Waals surface area contributed by atoms with E-state index in [2.05, 4.69) is 9.88 Å². The van der Waals surface area contributed by atoms with Crippen LogP contribution in [0.1, 0.15) is 18.4 Å². The Bertz CT molecular complexity index is 1040. The van der Waals surface area contributed by atoms with Crippen molar-refractivity contribution in [2.75, 3.05) is 18.0 Å². The molecule has 0 atom stereocenters. The lowest BCUT2D eigenvalue weighted by atomic mass is 10.1. The van der Waals surface area contributed by atoms with Crippen molar-refractivity contribution in [2.24, 2.45) is 0 Å².